The highest BCUT2D eigenvalue weighted by Gasteiger charge is 2.28. The van der Waals surface area contributed by atoms with Crippen LogP contribution in [0.2, 0.25) is 0 Å². The van der Waals surface area contributed by atoms with E-state index in [1.807, 2.05) is 18.7 Å². The zero-order valence-corrected chi connectivity index (χ0v) is 12.2. The number of likely N-dealkylation sites (tertiary alicyclic amines) is 1. The van der Waals surface area contributed by atoms with E-state index in [1.54, 1.807) is 0 Å². The molecule has 2 unspecified atom stereocenters. The summed E-state index contributed by atoms with van der Waals surface area (Å²) in [5.74, 6) is 1.04. The van der Waals surface area contributed by atoms with E-state index in [0.717, 1.165) is 32.1 Å². The van der Waals surface area contributed by atoms with Crippen LogP contribution in [-0.2, 0) is 4.79 Å². The zero-order valence-electron chi connectivity index (χ0n) is 12.2. The summed E-state index contributed by atoms with van der Waals surface area (Å²) in [6.07, 6.45) is 3.07. The van der Waals surface area contributed by atoms with Crippen molar-refractivity contribution in [3.8, 4) is 0 Å². The number of carbonyl (C=O) groups excluding carboxylic acids is 1. The molecule has 0 bridgehead atoms. The Labute approximate surface area is 111 Å². The fraction of sp³-hybridized carbons (Fsp3) is 0.929. The van der Waals surface area contributed by atoms with Gasteiger partial charge in [0, 0.05) is 38.6 Å². The van der Waals surface area contributed by atoms with E-state index >= 15 is 0 Å². The van der Waals surface area contributed by atoms with Crippen molar-refractivity contribution >= 4 is 5.91 Å². The molecular weight excluding hydrogens is 226 g/mol. The van der Waals surface area contributed by atoms with Crippen molar-refractivity contribution < 1.29 is 4.79 Å². The molecule has 1 aliphatic rings. The summed E-state index contributed by atoms with van der Waals surface area (Å²) in [4.78, 5) is 16.4. The Morgan fingerprint density at radius 1 is 1.39 bits per heavy atom. The number of hydrogen-bond donors (Lipinski definition) is 1. The molecule has 1 rings (SSSR count). The third-order valence-electron chi connectivity index (χ3n) is 4.21. The Balaban J connectivity index is 2.49. The van der Waals surface area contributed by atoms with Crippen molar-refractivity contribution in [3.05, 3.63) is 0 Å². The molecule has 0 radical (unpaired) electrons. The van der Waals surface area contributed by atoms with Gasteiger partial charge in [-0.25, -0.2) is 0 Å². The van der Waals surface area contributed by atoms with E-state index in [0.29, 0.717) is 13.0 Å². The van der Waals surface area contributed by atoms with Gasteiger partial charge in [0.2, 0.25) is 5.91 Å². The minimum absolute atomic E-state index is 0.231. The Morgan fingerprint density at radius 2 is 2.06 bits per heavy atom. The first-order chi connectivity index (χ1) is 8.65. The minimum Gasteiger partial charge on any atom is -0.343 e. The molecule has 0 aliphatic carbocycles. The van der Waals surface area contributed by atoms with Gasteiger partial charge < -0.3 is 10.6 Å². The minimum atomic E-state index is 0.231. The molecule has 0 spiro atoms. The topological polar surface area (TPSA) is 49.6 Å². The van der Waals surface area contributed by atoms with E-state index in [-0.39, 0.29) is 11.9 Å². The molecule has 2 atom stereocenters. The Kier molecular flexibility index (Phi) is 6.65. The molecular formula is C14H29N3O. The van der Waals surface area contributed by atoms with Gasteiger partial charge in [-0.05, 0) is 32.7 Å². The summed E-state index contributed by atoms with van der Waals surface area (Å²) < 4.78 is 0. The molecule has 0 aromatic carbocycles. The molecule has 1 heterocycles. The number of rotatable bonds is 7. The van der Waals surface area contributed by atoms with Gasteiger partial charge in [-0.3, -0.25) is 9.69 Å². The predicted octanol–water partition coefficient (Wildman–Crippen LogP) is 1.30. The average Bonchev–Trinajstić information content (AvgIpc) is 2.86. The van der Waals surface area contributed by atoms with Crippen molar-refractivity contribution in [1.29, 1.82) is 0 Å². The monoisotopic (exact) mass is 255 g/mol. The molecule has 1 aliphatic heterocycles. The summed E-state index contributed by atoms with van der Waals surface area (Å²) in [5, 5.41) is 0. The van der Waals surface area contributed by atoms with Crippen molar-refractivity contribution in [2.24, 2.45) is 11.7 Å². The first-order valence-corrected chi connectivity index (χ1v) is 7.38. The lowest BCUT2D eigenvalue weighted by atomic mass is 10.1. The zero-order chi connectivity index (χ0) is 13.5. The number of amides is 1. The highest BCUT2D eigenvalue weighted by molar-refractivity contribution is 5.76. The van der Waals surface area contributed by atoms with Crippen LogP contribution in [0, 0.1) is 5.92 Å². The van der Waals surface area contributed by atoms with E-state index in [2.05, 4.69) is 11.8 Å². The number of hydrogen-bond acceptors (Lipinski definition) is 3. The number of nitrogens with two attached hydrogens (primary N) is 1. The lowest BCUT2D eigenvalue weighted by Gasteiger charge is -2.28. The van der Waals surface area contributed by atoms with E-state index in [9.17, 15) is 4.79 Å². The van der Waals surface area contributed by atoms with Gasteiger partial charge in [-0.15, -0.1) is 0 Å². The largest absolute Gasteiger partial charge is 0.343 e. The maximum Gasteiger partial charge on any atom is 0.224 e. The average molecular weight is 255 g/mol. The first-order valence-electron chi connectivity index (χ1n) is 7.38. The number of carbonyl (C=O) groups is 1. The van der Waals surface area contributed by atoms with Crippen molar-refractivity contribution in [2.75, 3.05) is 32.7 Å². The van der Waals surface area contributed by atoms with Crippen molar-refractivity contribution in [2.45, 2.75) is 46.1 Å². The fourth-order valence-corrected chi connectivity index (χ4v) is 2.80. The molecule has 0 saturated carbocycles. The van der Waals surface area contributed by atoms with E-state index in [1.165, 1.54) is 12.8 Å². The maximum atomic E-state index is 12.1. The second-order valence-electron chi connectivity index (χ2n) is 5.22. The van der Waals surface area contributed by atoms with Gasteiger partial charge in [-0.1, -0.05) is 13.3 Å². The fourth-order valence-electron chi connectivity index (χ4n) is 2.80. The van der Waals surface area contributed by atoms with Crippen LogP contribution in [0.5, 0.6) is 0 Å². The molecule has 4 heteroatoms. The highest BCUT2D eigenvalue weighted by Crippen LogP contribution is 2.22. The van der Waals surface area contributed by atoms with Crippen molar-refractivity contribution in [1.82, 2.24) is 9.80 Å². The lowest BCUT2D eigenvalue weighted by Crippen LogP contribution is -2.43. The second-order valence-corrected chi connectivity index (χ2v) is 5.22. The summed E-state index contributed by atoms with van der Waals surface area (Å²) in [6, 6.07) is 0.231. The molecule has 1 fully saturated rings. The third kappa shape index (κ3) is 3.95. The van der Waals surface area contributed by atoms with Gasteiger partial charge in [-0.2, -0.15) is 0 Å². The number of nitrogens with zero attached hydrogens (tertiary/aromatic N) is 2. The Morgan fingerprint density at radius 3 is 2.50 bits per heavy atom. The summed E-state index contributed by atoms with van der Waals surface area (Å²) in [5.41, 5.74) is 5.86. The van der Waals surface area contributed by atoms with Crippen LogP contribution in [0.3, 0.4) is 0 Å². The van der Waals surface area contributed by atoms with Crippen LogP contribution in [0.4, 0.5) is 0 Å². The molecule has 106 valence electrons. The Hall–Kier alpha value is -0.610. The SMILES string of the molecule is CCC1CCN(C(CN)CC(=O)N(CC)CC)C1. The maximum absolute atomic E-state index is 12.1. The van der Waals surface area contributed by atoms with Crippen LogP contribution in [0.15, 0.2) is 0 Å². The molecule has 4 nitrogen and oxygen atoms in total. The normalized spacial score (nSPS) is 22.1. The smallest absolute Gasteiger partial charge is 0.224 e. The van der Waals surface area contributed by atoms with Crippen LogP contribution < -0.4 is 5.73 Å². The summed E-state index contributed by atoms with van der Waals surface area (Å²) >= 11 is 0. The van der Waals surface area contributed by atoms with E-state index in [4.69, 9.17) is 5.73 Å². The summed E-state index contributed by atoms with van der Waals surface area (Å²) in [6.45, 7) is 10.7. The summed E-state index contributed by atoms with van der Waals surface area (Å²) in [7, 11) is 0. The lowest BCUT2D eigenvalue weighted by molar-refractivity contribution is -0.132. The van der Waals surface area contributed by atoms with Crippen LogP contribution >= 0.6 is 0 Å². The highest BCUT2D eigenvalue weighted by atomic mass is 16.2. The van der Waals surface area contributed by atoms with Crippen LogP contribution in [-0.4, -0.2) is 54.5 Å². The Bertz CT molecular complexity index is 253. The molecule has 0 aromatic heterocycles. The van der Waals surface area contributed by atoms with Gasteiger partial charge in [0.05, 0.1) is 0 Å². The standard InChI is InChI=1S/C14H29N3O/c1-4-12-7-8-17(11-12)13(10-15)9-14(18)16(5-2)6-3/h12-13H,4-11,15H2,1-3H3. The molecule has 0 aromatic rings. The second kappa shape index (κ2) is 7.74. The van der Waals surface area contributed by atoms with Gasteiger partial charge in [0.25, 0.3) is 0 Å². The van der Waals surface area contributed by atoms with E-state index < -0.39 is 0 Å². The molecule has 1 saturated heterocycles. The van der Waals surface area contributed by atoms with Gasteiger partial charge in [0.15, 0.2) is 0 Å². The van der Waals surface area contributed by atoms with Gasteiger partial charge >= 0.3 is 0 Å². The predicted molar refractivity (Wildman–Crippen MR) is 75.4 cm³/mol. The quantitative estimate of drug-likeness (QED) is 0.746. The molecule has 2 N–H and O–H groups in total. The van der Waals surface area contributed by atoms with Crippen LogP contribution in [0.25, 0.3) is 0 Å². The third-order valence-corrected chi connectivity index (χ3v) is 4.21. The van der Waals surface area contributed by atoms with Crippen LogP contribution in [0.1, 0.15) is 40.0 Å². The molecule has 18 heavy (non-hydrogen) atoms. The van der Waals surface area contributed by atoms with Crippen molar-refractivity contribution in [3.63, 3.8) is 0 Å². The van der Waals surface area contributed by atoms with Gasteiger partial charge in [0.1, 0.15) is 0 Å². The first kappa shape index (κ1) is 15.4. The molecule has 1 amide bonds.